The fourth-order valence-corrected chi connectivity index (χ4v) is 5.14. The molecule has 164 valence electrons. The van der Waals surface area contributed by atoms with E-state index in [-0.39, 0.29) is 12.1 Å². The van der Waals surface area contributed by atoms with Crippen molar-refractivity contribution in [2.75, 3.05) is 11.6 Å². The highest BCUT2D eigenvalue weighted by atomic mass is 79.9. The Kier molecular flexibility index (Phi) is 5.03. The van der Waals surface area contributed by atoms with Crippen LogP contribution in [0.25, 0.3) is 5.70 Å². The first-order chi connectivity index (χ1) is 16.1. The molecule has 0 saturated heterocycles. The summed E-state index contributed by atoms with van der Waals surface area (Å²) in [5.74, 6) is 1.60. The van der Waals surface area contributed by atoms with Gasteiger partial charge in [0.15, 0.2) is 0 Å². The molecule has 0 aliphatic carbocycles. The number of rotatable bonds is 3. The van der Waals surface area contributed by atoms with Gasteiger partial charge < -0.3 is 10.1 Å². The second-order valence-electron chi connectivity index (χ2n) is 8.18. The number of thioether (sulfide) groups is 1. The molecule has 5 nitrogen and oxygen atoms in total. The van der Waals surface area contributed by atoms with Crippen molar-refractivity contribution in [3.63, 3.8) is 0 Å². The van der Waals surface area contributed by atoms with E-state index >= 15 is 0 Å². The molecule has 2 aliphatic rings. The van der Waals surface area contributed by atoms with E-state index < -0.39 is 0 Å². The molecule has 0 saturated carbocycles. The molecule has 0 bridgehead atoms. The van der Waals surface area contributed by atoms with Gasteiger partial charge in [0.1, 0.15) is 17.9 Å². The number of para-hydroxylation sites is 1. The Balaban J connectivity index is 1.62. The first-order valence-corrected chi connectivity index (χ1v) is 12.7. The highest BCUT2D eigenvalue weighted by molar-refractivity contribution is 9.10. The molecule has 0 radical (unpaired) electrons. The summed E-state index contributed by atoms with van der Waals surface area (Å²) in [6, 6.07) is 25.0. The standard InChI is InChI=1S/C26H21BrN4OS/c1-15-7-9-16(10-8-15)23-21-22(28-25-29-26(33-2)30-31(23)25)19-5-3-4-6-20(19)32-24(21)17-11-13-18(27)14-12-17/h3-14,23-24H,1-2H3,(H,28,29,30)/t23-,24-/m0/s1. The number of hydrogen-bond acceptors (Lipinski definition) is 5. The number of nitrogens with one attached hydrogen (secondary N) is 1. The molecular formula is C26H21BrN4OS. The van der Waals surface area contributed by atoms with Crippen LogP contribution in [-0.4, -0.2) is 21.0 Å². The van der Waals surface area contributed by atoms with Crippen LogP contribution >= 0.6 is 27.7 Å². The van der Waals surface area contributed by atoms with Crippen molar-refractivity contribution >= 4 is 39.3 Å². The topological polar surface area (TPSA) is 52.0 Å². The predicted octanol–water partition coefficient (Wildman–Crippen LogP) is 6.63. The number of hydrogen-bond donors (Lipinski definition) is 1. The van der Waals surface area contributed by atoms with Gasteiger partial charge in [-0.1, -0.05) is 81.8 Å². The summed E-state index contributed by atoms with van der Waals surface area (Å²) in [5, 5.41) is 9.19. The normalized spacial score (nSPS) is 18.6. The van der Waals surface area contributed by atoms with Gasteiger partial charge in [-0.3, -0.25) is 0 Å². The second-order valence-corrected chi connectivity index (χ2v) is 9.87. The molecule has 0 fully saturated rings. The number of anilines is 1. The molecule has 0 spiro atoms. The Morgan fingerprint density at radius 3 is 2.45 bits per heavy atom. The minimum atomic E-state index is -0.267. The van der Waals surface area contributed by atoms with Crippen molar-refractivity contribution in [1.29, 1.82) is 0 Å². The first kappa shape index (κ1) is 20.6. The Morgan fingerprint density at radius 2 is 1.70 bits per heavy atom. The molecular weight excluding hydrogens is 496 g/mol. The van der Waals surface area contributed by atoms with Gasteiger partial charge in [0, 0.05) is 15.6 Å². The maximum Gasteiger partial charge on any atom is 0.227 e. The van der Waals surface area contributed by atoms with E-state index in [1.807, 2.05) is 29.1 Å². The van der Waals surface area contributed by atoms with Crippen LogP contribution in [0.15, 0.2) is 88.0 Å². The number of fused-ring (bicyclic) bond motifs is 3. The van der Waals surface area contributed by atoms with Gasteiger partial charge in [0.05, 0.1) is 5.70 Å². The molecule has 4 aromatic rings. The molecule has 0 amide bonds. The number of halogens is 1. The van der Waals surface area contributed by atoms with Crippen LogP contribution in [0.1, 0.15) is 34.4 Å². The maximum atomic E-state index is 6.67. The van der Waals surface area contributed by atoms with Crippen LogP contribution in [0.3, 0.4) is 0 Å². The molecule has 33 heavy (non-hydrogen) atoms. The molecule has 1 N–H and O–H groups in total. The largest absolute Gasteiger partial charge is 0.480 e. The van der Waals surface area contributed by atoms with Crippen LogP contribution in [0.4, 0.5) is 5.95 Å². The zero-order valence-corrected chi connectivity index (χ0v) is 20.5. The highest BCUT2D eigenvalue weighted by Gasteiger charge is 2.41. The quantitative estimate of drug-likeness (QED) is 0.309. The van der Waals surface area contributed by atoms with Gasteiger partial charge in [0.25, 0.3) is 0 Å². The third kappa shape index (κ3) is 3.47. The van der Waals surface area contributed by atoms with Crippen LogP contribution in [-0.2, 0) is 0 Å². The van der Waals surface area contributed by atoms with E-state index in [2.05, 4.69) is 82.8 Å². The van der Waals surface area contributed by atoms with Crippen LogP contribution in [0, 0.1) is 6.92 Å². The molecule has 0 unspecified atom stereocenters. The number of ether oxygens (including phenoxy) is 1. The van der Waals surface area contributed by atoms with E-state index in [0.717, 1.165) is 49.3 Å². The van der Waals surface area contributed by atoms with E-state index in [1.165, 1.54) is 5.56 Å². The van der Waals surface area contributed by atoms with Gasteiger partial charge in [0.2, 0.25) is 11.1 Å². The summed E-state index contributed by atoms with van der Waals surface area (Å²) in [6.07, 6.45) is 1.73. The van der Waals surface area contributed by atoms with Gasteiger partial charge in [-0.15, -0.1) is 5.10 Å². The molecule has 7 heteroatoms. The van der Waals surface area contributed by atoms with Crippen LogP contribution < -0.4 is 10.1 Å². The third-order valence-corrected chi connectivity index (χ3v) is 7.18. The van der Waals surface area contributed by atoms with Crippen LogP contribution in [0.5, 0.6) is 5.75 Å². The molecule has 3 aromatic carbocycles. The lowest BCUT2D eigenvalue weighted by molar-refractivity contribution is 0.223. The summed E-state index contributed by atoms with van der Waals surface area (Å²) in [7, 11) is 0. The average molecular weight is 517 g/mol. The van der Waals surface area contributed by atoms with Crippen molar-refractivity contribution in [2.45, 2.75) is 24.2 Å². The monoisotopic (exact) mass is 516 g/mol. The van der Waals surface area contributed by atoms with Gasteiger partial charge in [-0.25, -0.2) is 4.68 Å². The fourth-order valence-electron chi connectivity index (χ4n) is 4.53. The summed E-state index contributed by atoms with van der Waals surface area (Å²) >= 11 is 5.10. The lowest BCUT2D eigenvalue weighted by Gasteiger charge is -2.39. The highest BCUT2D eigenvalue weighted by Crippen LogP contribution is 2.50. The van der Waals surface area contributed by atoms with Gasteiger partial charge >= 0.3 is 0 Å². The zero-order chi connectivity index (χ0) is 22.5. The Hall–Kier alpha value is -3.03. The smallest absolute Gasteiger partial charge is 0.227 e. The van der Waals surface area contributed by atoms with Crippen molar-refractivity contribution in [2.24, 2.45) is 0 Å². The first-order valence-electron chi connectivity index (χ1n) is 10.7. The molecule has 6 rings (SSSR count). The van der Waals surface area contributed by atoms with Crippen molar-refractivity contribution in [3.8, 4) is 5.75 Å². The number of aromatic nitrogens is 3. The lowest BCUT2D eigenvalue weighted by Crippen LogP contribution is -2.32. The zero-order valence-electron chi connectivity index (χ0n) is 18.1. The van der Waals surface area contributed by atoms with Crippen molar-refractivity contribution in [3.05, 3.63) is 105 Å². The number of nitrogens with zero attached hydrogens (tertiary/aromatic N) is 3. The van der Waals surface area contributed by atoms with Crippen molar-refractivity contribution < 1.29 is 4.74 Å². The molecule has 2 atom stereocenters. The van der Waals surface area contributed by atoms with Gasteiger partial charge in [-0.05, 0) is 48.6 Å². The summed E-state index contributed by atoms with van der Waals surface area (Å²) in [4.78, 5) is 4.76. The SMILES string of the molecule is CSc1nc2n(n1)[C@@H](c1ccc(C)cc1)C1=C(N2)c2ccccc2O[C@H]1c1ccc(Br)cc1. The summed E-state index contributed by atoms with van der Waals surface area (Å²) in [5.41, 5.74) is 6.68. The Bertz CT molecular complexity index is 1380. The maximum absolute atomic E-state index is 6.67. The summed E-state index contributed by atoms with van der Waals surface area (Å²) < 4.78 is 9.71. The summed E-state index contributed by atoms with van der Waals surface area (Å²) in [6.45, 7) is 2.11. The predicted molar refractivity (Wildman–Crippen MR) is 136 cm³/mol. The molecule has 2 aliphatic heterocycles. The van der Waals surface area contributed by atoms with Crippen molar-refractivity contribution in [1.82, 2.24) is 14.8 Å². The minimum Gasteiger partial charge on any atom is -0.480 e. The fraction of sp³-hybridized carbons (Fsp3) is 0.154. The molecule has 1 aromatic heterocycles. The van der Waals surface area contributed by atoms with E-state index in [0.29, 0.717) is 0 Å². The van der Waals surface area contributed by atoms with E-state index in [1.54, 1.807) is 11.8 Å². The Morgan fingerprint density at radius 1 is 0.970 bits per heavy atom. The van der Waals surface area contributed by atoms with E-state index in [4.69, 9.17) is 14.8 Å². The lowest BCUT2D eigenvalue weighted by atomic mass is 9.84. The minimum absolute atomic E-state index is 0.146. The second kappa shape index (κ2) is 8.08. The Labute approximate surface area is 205 Å². The van der Waals surface area contributed by atoms with Gasteiger partial charge in [-0.2, -0.15) is 4.98 Å². The number of aryl methyl sites for hydroxylation is 1. The van der Waals surface area contributed by atoms with E-state index in [9.17, 15) is 0 Å². The van der Waals surface area contributed by atoms with Crippen LogP contribution in [0.2, 0.25) is 0 Å². The average Bonchev–Trinajstić information content (AvgIpc) is 3.26. The number of benzene rings is 3. The third-order valence-electron chi connectivity index (χ3n) is 6.11. The molecule has 3 heterocycles.